The Morgan fingerprint density at radius 1 is 1.32 bits per heavy atom. The molecule has 0 spiro atoms. The Bertz CT molecular complexity index is 552. The second kappa shape index (κ2) is 7.79. The average molecular weight is 307 g/mol. The molecule has 1 N–H and O–H groups in total. The van der Waals surface area contributed by atoms with E-state index < -0.39 is 23.3 Å². The molecule has 1 saturated carbocycles. The Balaban J connectivity index is 1.93. The van der Waals surface area contributed by atoms with Crippen LogP contribution in [0.1, 0.15) is 42.5 Å². The van der Waals surface area contributed by atoms with Crippen LogP contribution in [0.25, 0.3) is 0 Å². The molecule has 22 heavy (non-hydrogen) atoms. The van der Waals surface area contributed by atoms with E-state index in [2.05, 4.69) is 11.2 Å². The minimum absolute atomic E-state index is 0.0607. The summed E-state index contributed by atoms with van der Waals surface area (Å²) in [5.41, 5.74) is -0.0607. The van der Waals surface area contributed by atoms with E-state index in [1.54, 1.807) is 0 Å². The largest absolute Gasteiger partial charge is 0.475 e. The average Bonchev–Trinajstić information content (AvgIpc) is 2.99. The summed E-state index contributed by atoms with van der Waals surface area (Å²) in [6.07, 6.45) is 10.8. The lowest BCUT2D eigenvalue weighted by atomic mass is 10.0. The van der Waals surface area contributed by atoms with Gasteiger partial charge in [-0.05, 0) is 24.5 Å². The van der Waals surface area contributed by atoms with E-state index in [4.69, 9.17) is 11.2 Å². The molecule has 0 aliphatic heterocycles. The van der Waals surface area contributed by atoms with E-state index in [9.17, 15) is 13.6 Å². The summed E-state index contributed by atoms with van der Waals surface area (Å²) in [6.45, 7) is 0.281. The summed E-state index contributed by atoms with van der Waals surface area (Å²) < 4.78 is 32.3. The van der Waals surface area contributed by atoms with Gasteiger partial charge in [0, 0.05) is 12.1 Å². The summed E-state index contributed by atoms with van der Waals surface area (Å²) in [5, 5.41) is 2.70. The van der Waals surface area contributed by atoms with Gasteiger partial charge in [0.1, 0.15) is 6.61 Å². The number of terminal acetylenes is 1. The molecule has 2 rings (SSSR count). The van der Waals surface area contributed by atoms with Gasteiger partial charge in [-0.1, -0.05) is 31.6 Å². The van der Waals surface area contributed by atoms with Crippen molar-refractivity contribution in [2.24, 2.45) is 5.92 Å². The van der Waals surface area contributed by atoms with E-state index in [0.29, 0.717) is 12.5 Å². The van der Waals surface area contributed by atoms with E-state index in [0.717, 1.165) is 18.6 Å². The van der Waals surface area contributed by atoms with Gasteiger partial charge in [0.05, 0.1) is 0 Å². The van der Waals surface area contributed by atoms with Crippen LogP contribution in [0.4, 0.5) is 8.78 Å². The quantitative estimate of drug-likeness (QED) is 0.819. The molecule has 1 amide bonds. The first-order valence-corrected chi connectivity index (χ1v) is 7.45. The predicted molar refractivity (Wildman–Crippen MR) is 79.6 cm³/mol. The molecule has 0 aromatic heterocycles. The van der Waals surface area contributed by atoms with Crippen molar-refractivity contribution in [1.29, 1.82) is 0 Å². The monoisotopic (exact) mass is 307 g/mol. The highest BCUT2D eigenvalue weighted by atomic mass is 19.1. The lowest BCUT2D eigenvalue weighted by molar-refractivity contribution is 0.0950. The number of carbonyl (C=O) groups is 1. The number of amides is 1. The number of ether oxygens (including phenoxy) is 1. The summed E-state index contributed by atoms with van der Waals surface area (Å²) >= 11 is 0. The minimum Gasteiger partial charge on any atom is -0.475 e. The van der Waals surface area contributed by atoms with E-state index in [-0.39, 0.29) is 12.2 Å². The smallest absolute Gasteiger partial charge is 0.251 e. The molecule has 5 heteroatoms. The van der Waals surface area contributed by atoms with Crippen LogP contribution < -0.4 is 10.1 Å². The van der Waals surface area contributed by atoms with Gasteiger partial charge >= 0.3 is 0 Å². The van der Waals surface area contributed by atoms with Crippen molar-refractivity contribution in [2.75, 3.05) is 13.2 Å². The highest BCUT2D eigenvalue weighted by Crippen LogP contribution is 2.27. The number of halogens is 2. The first-order chi connectivity index (χ1) is 10.6. The van der Waals surface area contributed by atoms with Crippen LogP contribution >= 0.6 is 0 Å². The normalized spacial score (nSPS) is 14.6. The zero-order valence-corrected chi connectivity index (χ0v) is 12.3. The first-order valence-electron chi connectivity index (χ1n) is 7.45. The fourth-order valence-corrected chi connectivity index (χ4v) is 2.73. The van der Waals surface area contributed by atoms with E-state index in [1.807, 2.05) is 0 Å². The van der Waals surface area contributed by atoms with Crippen LogP contribution in [0, 0.1) is 29.9 Å². The van der Waals surface area contributed by atoms with Gasteiger partial charge in [-0.2, -0.15) is 0 Å². The molecule has 0 saturated heterocycles. The van der Waals surface area contributed by atoms with Crippen LogP contribution in [0.15, 0.2) is 12.1 Å². The molecular weight excluding hydrogens is 288 g/mol. The molecule has 0 atom stereocenters. The molecule has 3 nitrogen and oxygen atoms in total. The van der Waals surface area contributed by atoms with Crippen molar-refractivity contribution < 1.29 is 18.3 Å². The topological polar surface area (TPSA) is 38.3 Å². The van der Waals surface area contributed by atoms with Crippen molar-refractivity contribution in [3.8, 4) is 18.1 Å². The third-order valence-electron chi connectivity index (χ3n) is 3.87. The summed E-state index contributed by atoms with van der Waals surface area (Å²) in [6, 6.07) is 1.92. The van der Waals surface area contributed by atoms with Gasteiger partial charge in [0.2, 0.25) is 0 Å². The van der Waals surface area contributed by atoms with Crippen molar-refractivity contribution in [3.05, 3.63) is 29.3 Å². The molecule has 0 heterocycles. The zero-order chi connectivity index (χ0) is 15.9. The van der Waals surface area contributed by atoms with Gasteiger partial charge in [0.25, 0.3) is 5.91 Å². The van der Waals surface area contributed by atoms with Crippen molar-refractivity contribution in [1.82, 2.24) is 5.32 Å². The lowest BCUT2D eigenvalue weighted by Crippen LogP contribution is -2.26. The fourth-order valence-electron chi connectivity index (χ4n) is 2.73. The third-order valence-corrected chi connectivity index (χ3v) is 3.87. The van der Waals surface area contributed by atoms with Crippen LogP contribution in [-0.4, -0.2) is 19.1 Å². The molecular formula is C17H19F2NO2. The molecule has 0 bridgehead atoms. The molecule has 1 aliphatic rings. The molecule has 1 aromatic carbocycles. The number of hydrogen-bond acceptors (Lipinski definition) is 2. The molecule has 0 radical (unpaired) electrons. The maximum atomic E-state index is 13.7. The Morgan fingerprint density at radius 2 is 1.95 bits per heavy atom. The molecule has 118 valence electrons. The molecule has 0 unspecified atom stereocenters. The Labute approximate surface area is 129 Å². The van der Waals surface area contributed by atoms with Gasteiger partial charge in [0.15, 0.2) is 17.4 Å². The van der Waals surface area contributed by atoms with Crippen LogP contribution in [0.5, 0.6) is 5.75 Å². The maximum Gasteiger partial charge on any atom is 0.251 e. The van der Waals surface area contributed by atoms with Crippen LogP contribution in [-0.2, 0) is 0 Å². The summed E-state index contributed by atoms with van der Waals surface area (Å²) in [7, 11) is 0. The van der Waals surface area contributed by atoms with Crippen LogP contribution in [0.3, 0.4) is 0 Å². The minimum atomic E-state index is -0.934. The number of carbonyl (C=O) groups excluding carboxylic acids is 1. The van der Waals surface area contributed by atoms with E-state index in [1.165, 1.54) is 25.7 Å². The highest BCUT2D eigenvalue weighted by Gasteiger charge is 2.18. The summed E-state index contributed by atoms with van der Waals surface area (Å²) in [4.78, 5) is 11.9. The number of benzene rings is 1. The maximum absolute atomic E-state index is 13.7. The second-order valence-corrected chi connectivity index (χ2v) is 5.46. The standard InChI is InChI=1S/C17H19F2NO2/c1-2-9-22-16-14(18)10-13(11-15(16)19)17(21)20-8-7-12-5-3-4-6-12/h1,10-12H,3-9H2,(H,20,21). The van der Waals surface area contributed by atoms with Gasteiger partial charge in [-0.25, -0.2) is 8.78 Å². The highest BCUT2D eigenvalue weighted by molar-refractivity contribution is 5.94. The van der Waals surface area contributed by atoms with Crippen molar-refractivity contribution in [2.45, 2.75) is 32.1 Å². The molecule has 1 fully saturated rings. The zero-order valence-electron chi connectivity index (χ0n) is 12.3. The van der Waals surface area contributed by atoms with Gasteiger partial charge in [-0.15, -0.1) is 6.42 Å². The van der Waals surface area contributed by atoms with Gasteiger partial charge in [-0.3, -0.25) is 4.79 Å². The number of rotatable bonds is 6. The van der Waals surface area contributed by atoms with Gasteiger partial charge < -0.3 is 10.1 Å². The van der Waals surface area contributed by atoms with E-state index >= 15 is 0 Å². The Morgan fingerprint density at radius 3 is 2.55 bits per heavy atom. The second-order valence-electron chi connectivity index (χ2n) is 5.46. The molecule has 1 aliphatic carbocycles. The third kappa shape index (κ3) is 4.20. The lowest BCUT2D eigenvalue weighted by Gasteiger charge is -2.11. The van der Waals surface area contributed by atoms with Crippen LogP contribution in [0.2, 0.25) is 0 Å². The van der Waals surface area contributed by atoms with Crippen molar-refractivity contribution >= 4 is 5.91 Å². The number of hydrogen-bond donors (Lipinski definition) is 1. The predicted octanol–water partition coefficient (Wildman–Crippen LogP) is 3.29. The summed E-state index contributed by atoms with van der Waals surface area (Å²) in [5.74, 6) is -0.136. The Hall–Kier alpha value is -2.09. The number of nitrogens with one attached hydrogen (secondary N) is 1. The fraction of sp³-hybridized carbons (Fsp3) is 0.471. The first kappa shape index (κ1) is 16.3. The van der Waals surface area contributed by atoms with Crippen molar-refractivity contribution in [3.63, 3.8) is 0 Å². The Kier molecular flexibility index (Phi) is 5.76. The molecule has 1 aromatic rings. The SMILES string of the molecule is C#CCOc1c(F)cc(C(=O)NCCC2CCCC2)cc1F.